The topological polar surface area (TPSA) is 81.4 Å². The Bertz CT molecular complexity index is 501. The number of rotatable bonds is 5. The molecule has 1 heterocycles. The largest absolute Gasteiger partial charge is 0.381 e. The molecule has 2 atom stereocenters. The van der Waals surface area contributed by atoms with Crippen molar-refractivity contribution in [2.24, 2.45) is 11.7 Å². The summed E-state index contributed by atoms with van der Waals surface area (Å²) in [5.74, 6) is -0.943. The van der Waals surface area contributed by atoms with Crippen LogP contribution in [0.5, 0.6) is 0 Å². The molecule has 2 amide bonds. The van der Waals surface area contributed by atoms with Crippen molar-refractivity contribution in [3.05, 3.63) is 34.9 Å². The number of nitrogens with one attached hydrogen (secondary N) is 1. The van der Waals surface area contributed by atoms with Gasteiger partial charge in [0.15, 0.2) is 0 Å². The Morgan fingerprint density at radius 1 is 1.50 bits per heavy atom. The van der Waals surface area contributed by atoms with Gasteiger partial charge in [0, 0.05) is 18.1 Å². The number of amides is 2. The molecular formula is C14H17ClN2O3. The Hall–Kier alpha value is -1.59. The van der Waals surface area contributed by atoms with Crippen LogP contribution in [0.4, 0.5) is 0 Å². The van der Waals surface area contributed by atoms with Crippen LogP contribution in [0.1, 0.15) is 12.0 Å². The Morgan fingerprint density at radius 2 is 2.30 bits per heavy atom. The van der Waals surface area contributed by atoms with Crippen molar-refractivity contribution in [2.75, 3.05) is 13.2 Å². The molecule has 108 valence electrons. The van der Waals surface area contributed by atoms with Gasteiger partial charge in [0.1, 0.15) is 6.04 Å². The average Bonchev–Trinajstić information content (AvgIpc) is 2.91. The van der Waals surface area contributed by atoms with Crippen LogP contribution in [0.25, 0.3) is 0 Å². The van der Waals surface area contributed by atoms with Gasteiger partial charge in [0.25, 0.3) is 0 Å². The lowest BCUT2D eigenvalue weighted by Crippen LogP contribution is -2.48. The highest BCUT2D eigenvalue weighted by Gasteiger charge is 2.27. The summed E-state index contributed by atoms with van der Waals surface area (Å²) in [6, 6.07) is 6.40. The van der Waals surface area contributed by atoms with E-state index in [1.54, 1.807) is 18.2 Å². The van der Waals surface area contributed by atoms with Crippen LogP contribution in [0.15, 0.2) is 24.3 Å². The van der Waals surface area contributed by atoms with Crippen LogP contribution in [0.3, 0.4) is 0 Å². The summed E-state index contributed by atoms with van der Waals surface area (Å²) in [6.45, 7) is 0.974. The van der Waals surface area contributed by atoms with Crippen molar-refractivity contribution < 1.29 is 14.3 Å². The highest BCUT2D eigenvalue weighted by atomic mass is 35.5. The molecule has 0 radical (unpaired) electrons. The van der Waals surface area contributed by atoms with Crippen molar-refractivity contribution >= 4 is 23.4 Å². The van der Waals surface area contributed by atoms with Crippen LogP contribution in [0.2, 0.25) is 5.02 Å². The fourth-order valence-corrected chi connectivity index (χ4v) is 2.37. The van der Waals surface area contributed by atoms with E-state index in [-0.39, 0.29) is 11.8 Å². The predicted molar refractivity (Wildman–Crippen MR) is 75.2 cm³/mol. The maximum atomic E-state index is 12.0. The number of nitrogens with two attached hydrogens (primary N) is 1. The first-order chi connectivity index (χ1) is 9.56. The standard InChI is InChI=1S/C14H17ClN2O3/c15-11-3-1-2-9(6-11)7-12(13(16)18)17-14(19)10-4-5-20-8-10/h1-3,6,10,12H,4-5,7-8H2,(H2,16,18)(H,17,19)/t10-,12-/m1/s1. The molecule has 5 nitrogen and oxygen atoms in total. The van der Waals surface area contributed by atoms with E-state index in [9.17, 15) is 9.59 Å². The summed E-state index contributed by atoms with van der Waals surface area (Å²) in [7, 11) is 0. The quantitative estimate of drug-likeness (QED) is 0.846. The van der Waals surface area contributed by atoms with E-state index < -0.39 is 11.9 Å². The molecule has 2 rings (SSSR count). The average molecular weight is 297 g/mol. The Balaban J connectivity index is 2.00. The molecule has 6 heteroatoms. The van der Waals surface area contributed by atoms with E-state index in [4.69, 9.17) is 22.1 Å². The van der Waals surface area contributed by atoms with E-state index >= 15 is 0 Å². The lowest BCUT2D eigenvalue weighted by molar-refractivity contribution is -0.129. The van der Waals surface area contributed by atoms with Gasteiger partial charge in [-0.2, -0.15) is 0 Å². The monoisotopic (exact) mass is 296 g/mol. The molecule has 0 spiro atoms. The van der Waals surface area contributed by atoms with Crippen LogP contribution in [-0.4, -0.2) is 31.1 Å². The zero-order valence-corrected chi connectivity index (χ0v) is 11.7. The maximum absolute atomic E-state index is 12.0. The number of carbonyl (C=O) groups is 2. The molecule has 1 fully saturated rings. The van der Waals surface area contributed by atoms with Crippen molar-refractivity contribution in [1.29, 1.82) is 0 Å². The summed E-state index contributed by atoms with van der Waals surface area (Å²) in [6.07, 6.45) is 1.00. The maximum Gasteiger partial charge on any atom is 0.240 e. The normalized spacial score (nSPS) is 19.6. The minimum atomic E-state index is -0.735. The molecule has 1 aliphatic rings. The molecule has 1 saturated heterocycles. The lowest BCUT2D eigenvalue weighted by atomic mass is 10.0. The van der Waals surface area contributed by atoms with Gasteiger partial charge in [-0.1, -0.05) is 23.7 Å². The first kappa shape index (κ1) is 14.8. The second-order valence-corrected chi connectivity index (χ2v) is 5.29. The molecule has 0 aliphatic carbocycles. The van der Waals surface area contributed by atoms with Crippen LogP contribution in [0, 0.1) is 5.92 Å². The zero-order valence-electron chi connectivity index (χ0n) is 11.0. The summed E-state index contributed by atoms with van der Waals surface area (Å²) < 4.78 is 5.16. The predicted octanol–water partition coefficient (Wildman–Crippen LogP) is 0.889. The van der Waals surface area contributed by atoms with Crippen LogP contribution in [-0.2, 0) is 20.7 Å². The SMILES string of the molecule is NC(=O)[C@@H](Cc1cccc(Cl)c1)NC(=O)[C@@H]1CCOC1. The van der Waals surface area contributed by atoms with E-state index in [2.05, 4.69) is 5.32 Å². The van der Waals surface area contributed by atoms with Gasteiger partial charge in [-0.3, -0.25) is 9.59 Å². The second kappa shape index (κ2) is 6.72. The Morgan fingerprint density at radius 3 is 2.90 bits per heavy atom. The van der Waals surface area contributed by atoms with Crippen molar-refractivity contribution in [2.45, 2.75) is 18.9 Å². The van der Waals surface area contributed by atoms with E-state index in [1.165, 1.54) is 0 Å². The van der Waals surface area contributed by atoms with Crippen molar-refractivity contribution in [1.82, 2.24) is 5.32 Å². The van der Waals surface area contributed by atoms with E-state index in [1.807, 2.05) is 6.07 Å². The van der Waals surface area contributed by atoms with Gasteiger partial charge in [-0.25, -0.2) is 0 Å². The number of benzene rings is 1. The fraction of sp³-hybridized carbons (Fsp3) is 0.429. The third-order valence-corrected chi connectivity index (χ3v) is 3.52. The molecule has 0 unspecified atom stereocenters. The minimum absolute atomic E-state index is 0.187. The molecular weight excluding hydrogens is 280 g/mol. The van der Waals surface area contributed by atoms with E-state index in [0.717, 1.165) is 5.56 Å². The summed E-state index contributed by atoms with van der Waals surface area (Å²) in [5, 5.41) is 3.27. The van der Waals surface area contributed by atoms with E-state index in [0.29, 0.717) is 31.1 Å². The number of carbonyl (C=O) groups excluding carboxylic acids is 2. The number of hydrogen-bond acceptors (Lipinski definition) is 3. The van der Waals surface area contributed by atoms with Crippen LogP contribution < -0.4 is 11.1 Å². The van der Waals surface area contributed by atoms with Gasteiger partial charge in [0.2, 0.25) is 11.8 Å². The third kappa shape index (κ3) is 3.95. The summed E-state index contributed by atoms with van der Waals surface area (Å²) in [4.78, 5) is 23.5. The van der Waals surface area contributed by atoms with Gasteiger partial charge >= 0.3 is 0 Å². The molecule has 20 heavy (non-hydrogen) atoms. The number of halogens is 1. The Kier molecular flexibility index (Phi) is 4.98. The van der Waals surface area contributed by atoms with Gasteiger partial charge in [0.05, 0.1) is 12.5 Å². The van der Waals surface area contributed by atoms with Crippen molar-refractivity contribution in [3.8, 4) is 0 Å². The molecule has 1 aromatic rings. The molecule has 0 aromatic heterocycles. The Labute approximate surface area is 122 Å². The zero-order chi connectivity index (χ0) is 14.5. The molecule has 0 bridgehead atoms. The second-order valence-electron chi connectivity index (χ2n) is 4.86. The van der Waals surface area contributed by atoms with Gasteiger partial charge < -0.3 is 15.8 Å². The molecule has 3 N–H and O–H groups in total. The number of ether oxygens (including phenoxy) is 1. The molecule has 1 aromatic carbocycles. The fourth-order valence-electron chi connectivity index (χ4n) is 2.15. The molecule has 1 aliphatic heterocycles. The smallest absolute Gasteiger partial charge is 0.240 e. The summed E-state index contributed by atoms with van der Waals surface area (Å²) >= 11 is 5.90. The summed E-state index contributed by atoms with van der Waals surface area (Å²) in [5.41, 5.74) is 6.20. The van der Waals surface area contributed by atoms with Crippen LogP contribution >= 0.6 is 11.6 Å². The lowest BCUT2D eigenvalue weighted by Gasteiger charge is -2.17. The number of primary amides is 1. The molecule has 0 saturated carbocycles. The van der Waals surface area contributed by atoms with Gasteiger partial charge in [-0.05, 0) is 24.1 Å². The highest BCUT2D eigenvalue weighted by Crippen LogP contribution is 2.14. The first-order valence-electron chi connectivity index (χ1n) is 6.48. The third-order valence-electron chi connectivity index (χ3n) is 3.29. The number of hydrogen-bond donors (Lipinski definition) is 2. The highest BCUT2D eigenvalue weighted by molar-refractivity contribution is 6.30. The first-order valence-corrected chi connectivity index (χ1v) is 6.86. The minimum Gasteiger partial charge on any atom is -0.381 e. The van der Waals surface area contributed by atoms with Gasteiger partial charge in [-0.15, -0.1) is 0 Å². The van der Waals surface area contributed by atoms with Crippen molar-refractivity contribution in [3.63, 3.8) is 0 Å².